The standard InChI is InChI=1S/C11H18N2O3/c1-2-16-11(15)9(13-12)10(14)8-6-4-3-5-7-8/h8,10,14H,2-7H2,1H3/t10-/m0/s1. The first kappa shape index (κ1) is 12.9. The molecule has 0 aromatic heterocycles. The van der Waals surface area contributed by atoms with Crippen LogP contribution in [0.2, 0.25) is 0 Å². The van der Waals surface area contributed by atoms with Crippen LogP contribution in [0.1, 0.15) is 39.0 Å². The summed E-state index contributed by atoms with van der Waals surface area (Å²) < 4.78 is 4.72. The summed E-state index contributed by atoms with van der Waals surface area (Å²) in [6.07, 6.45) is 3.96. The van der Waals surface area contributed by atoms with Crippen molar-refractivity contribution in [1.29, 1.82) is 0 Å². The number of carbonyl (C=O) groups is 1. The molecule has 0 spiro atoms. The number of rotatable bonds is 4. The van der Waals surface area contributed by atoms with Crippen LogP contribution in [0.5, 0.6) is 0 Å². The fourth-order valence-electron chi connectivity index (χ4n) is 2.10. The normalized spacial score (nSPS) is 18.6. The zero-order valence-corrected chi connectivity index (χ0v) is 9.56. The molecule has 0 heterocycles. The third-order valence-corrected chi connectivity index (χ3v) is 2.97. The monoisotopic (exact) mass is 226 g/mol. The number of hydrogen-bond donors (Lipinski definition) is 1. The van der Waals surface area contributed by atoms with E-state index in [9.17, 15) is 9.90 Å². The fraction of sp³-hybridized carbons (Fsp3) is 0.818. The average molecular weight is 226 g/mol. The van der Waals surface area contributed by atoms with Crippen LogP contribution in [0, 0.1) is 5.92 Å². The highest BCUT2D eigenvalue weighted by Gasteiger charge is 2.37. The van der Waals surface area contributed by atoms with Crippen LogP contribution < -0.4 is 0 Å². The lowest BCUT2D eigenvalue weighted by Gasteiger charge is -2.23. The van der Waals surface area contributed by atoms with E-state index in [-0.39, 0.29) is 18.2 Å². The Bertz CT molecular complexity index is 292. The van der Waals surface area contributed by atoms with Gasteiger partial charge >= 0.3 is 11.7 Å². The molecule has 1 N–H and O–H groups in total. The molecule has 1 saturated carbocycles. The van der Waals surface area contributed by atoms with Gasteiger partial charge in [0.05, 0.1) is 6.61 Å². The van der Waals surface area contributed by atoms with Crippen molar-refractivity contribution in [2.24, 2.45) is 5.92 Å². The molecule has 0 aliphatic heterocycles. The van der Waals surface area contributed by atoms with Crippen LogP contribution in [0.4, 0.5) is 0 Å². The second-order valence-electron chi connectivity index (χ2n) is 4.05. The Morgan fingerprint density at radius 3 is 2.62 bits per heavy atom. The van der Waals surface area contributed by atoms with E-state index >= 15 is 0 Å². The number of aliphatic hydroxyl groups is 1. The van der Waals surface area contributed by atoms with Gasteiger partial charge in [0.15, 0.2) is 6.10 Å². The molecule has 1 fully saturated rings. The van der Waals surface area contributed by atoms with Gasteiger partial charge in [-0.15, -0.1) is 0 Å². The predicted octanol–water partition coefficient (Wildman–Crippen LogP) is 1.16. The highest BCUT2D eigenvalue weighted by Crippen LogP contribution is 2.26. The Kier molecular flexibility index (Phi) is 5.15. The Hall–Kier alpha value is -1.19. The largest absolute Gasteiger partial charge is 0.457 e. The molecule has 1 aliphatic rings. The first-order valence-electron chi connectivity index (χ1n) is 5.77. The maximum absolute atomic E-state index is 11.4. The van der Waals surface area contributed by atoms with Crippen LogP contribution in [-0.2, 0) is 9.53 Å². The molecule has 16 heavy (non-hydrogen) atoms. The second kappa shape index (κ2) is 6.40. The number of esters is 1. The van der Waals surface area contributed by atoms with Crippen molar-refractivity contribution in [2.75, 3.05) is 6.61 Å². The van der Waals surface area contributed by atoms with E-state index in [2.05, 4.69) is 4.79 Å². The van der Waals surface area contributed by atoms with Gasteiger partial charge in [-0.3, -0.25) is 0 Å². The minimum Gasteiger partial charge on any atom is -0.457 e. The molecule has 0 aromatic rings. The van der Waals surface area contributed by atoms with Crippen molar-refractivity contribution in [3.05, 3.63) is 5.53 Å². The van der Waals surface area contributed by atoms with E-state index in [4.69, 9.17) is 10.3 Å². The molecular weight excluding hydrogens is 208 g/mol. The summed E-state index contributed by atoms with van der Waals surface area (Å²) in [5, 5.41) is 9.94. The lowest BCUT2D eigenvalue weighted by molar-refractivity contribution is -0.142. The van der Waals surface area contributed by atoms with E-state index in [1.165, 1.54) is 0 Å². The Morgan fingerprint density at radius 2 is 2.12 bits per heavy atom. The quantitative estimate of drug-likeness (QED) is 0.338. The molecule has 5 heteroatoms. The van der Waals surface area contributed by atoms with Crippen LogP contribution in [0.15, 0.2) is 0 Å². The van der Waals surface area contributed by atoms with Crippen LogP contribution >= 0.6 is 0 Å². The van der Waals surface area contributed by atoms with Crippen molar-refractivity contribution < 1.29 is 19.4 Å². The first-order valence-corrected chi connectivity index (χ1v) is 5.77. The van der Waals surface area contributed by atoms with Gasteiger partial charge in [0.1, 0.15) is 0 Å². The summed E-state index contributed by atoms with van der Waals surface area (Å²) in [6.45, 7) is 1.87. The van der Waals surface area contributed by atoms with Crippen molar-refractivity contribution in [1.82, 2.24) is 0 Å². The van der Waals surface area contributed by atoms with Gasteiger partial charge in [-0.1, -0.05) is 19.3 Å². The lowest BCUT2D eigenvalue weighted by Crippen LogP contribution is -2.37. The number of carbonyl (C=O) groups excluding carboxylic acids is 1. The first-order chi connectivity index (χ1) is 7.70. The van der Waals surface area contributed by atoms with Gasteiger partial charge in [-0.2, -0.15) is 4.79 Å². The molecule has 1 rings (SSSR count). The molecule has 0 unspecified atom stereocenters. The molecule has 5 nitrogen and oxygen atoms in total. The van der Waals surface area contributed by atoms with Gasteiger partial charge in [0, 0.05) is 0 Å². The van der Waals surface area contributed by atoms with Crippen molar-refractivity contribution in [2.45, 2.75) is 45.1 Å². The summed E-state index contributed by atoms with van der Waals surface area (Å²) in [4.78, 5) is 14.3. The zero-order valence-electron chi connectivity index (χ0n) is 9.56. The molecule has 1 aliphatic carbocycles. The van der Waals surface area contributed by atoms with E-state index in [1.54, 1.807) is 6.92 Å². The molecule has 0 bridgehead atoms. The van der Waals surface area contributed by atoms with Crippen LogP contribution in [0.3, 0.4) is 0 Å². The van der Waals surface area contributed by atoms with Gasteiger partial charge in [-0.05, 0) is 25.7 Å². The Balaban J connectivity index is 2.65. The van der Waals surface area contributed by atoms with Crippen molar-refractivity contribution in [3.63, 3.8) is 0 Å². The van der Waals surface area contributed by atoms with E-state index < -0.39 is 12.1 Å². The van der Waals surface area contributed by atoms with Crippen LogP contribution in [-0.4, -0.2) is 34.3 Å². The minimum absolute atomic E-state index is 0.00376. The number of nitrogens with zero attached hydrogens (tertiary/aromatic N) is 2. The van der Waals surface area contributed by atoms with E-state index in [0.717, 1.165) is 32.1 Å². The van der Waals surface area contributed by atoms with Gasteiger partial charge < -0.3 is 15.4 Å². The summed E-state index contributed by atoms with van der Waals surface area (Å²) in [6, 6.07) is 0. The molecule has 0 amide bonds. The zero-order chi connectivity index (χ0) is 12.0. The SMILES string of the molecule is CCOC(=O)C(=[N+]=[N-])[C@@H](O)C1CCCCC1. The van der Waals surface area contributed by atoms with E-state index in [0.29, 0.717) is 0 Å². The van der Waals surface area contributed by atoms with Crippen molar-refractivity contribution in [3.8, 4) is 0 Å². The lowest BCUT2D eigenvalue weighted by atomic mass is 9.83. The topological polar surface area (TPSA) is 82.9 Å². The fourth-order valence-corrected chi connectivity index (χ4v) is 2.10. The summed E-state index contributed by atoms with van der Waals surface area (Å²) in [5.41, 5.74) is 8.48. The molecule has 1 atom stereocenters. The summed E-state index contributed by atoms with van der Waals surface area (Å²) >= 11 is 0. The Labute approximate surface area is 95.0 Å². The minimum atomic E-state index is -1.01. The average Bonchev–Trinajstić information content (AvgIpc) is 2.31. The number of aliphatic hydroxyl groups excluding tert-OH is 1. The summed E-state index contributed by atoms with van der Waals surface area (Å²) in [7, 11) is 0. The third-order valence-electron chi connectivity index (χ3n) is 2.97. The van der Waals surface area contributed by atoms with Gasteiger partial charge in [0.2, 0.25) is 0 Å². The molecule has 0 saturated heterocycles. The third kappa shape index (κ3) is 3.15. The molecule has 0 aromatic carbocycles. The van der Waals surface area contributed by atoms with Gasteiger partial charge in [0.25, 0.3) is 0 Å². The van der Waals surface area contributed by atoms with Gasteiger partial charge in [-0.25, -0.2) is 4.79 Å². The maximum Gasteiger partial charge on any atom is 0.419 e. The Morgan fingerprint density at radius 1 is 1.50 bits per heavy atom. The smallest absolute Gasteiger partial charge is 0.419 e. The van der Waals surface area contributed by atoms with Crippen LogP contribution in [0.25, 0.3) is 5.53 Å². The predicted molar refractivity (Wildman–Crippen MR) is 57.8 cm³/mol. The molecular formula is C11H18N2O3. The van der Waals surface area contributed by atoms with Crippen molar-refractivity contribution >= 4 is 11.7 Å². The maximum atomic E-state index is 11.4. The summed E-state index contributed by atoms with van der Waals surface area (Å²) in [5.74, 6) is -0.730. The highest BCUT2D eigenvalue weighted by molar-refractivity contribution is 6.35. The second-order valence-corrected chi connectivity index (χ2v) is 4.05. The highest BCUT2D eigenvalue weighted by atomic mass is 16.5. The van der Waals surface area contributed by atoms with E-state index in [1.807, 2.05) is 0 Å². The number of hydrogen-bond acceptors (Lipinski definition) is 3. The molecule has 0 radical (unpaired) electrons. The molecule has 90 valence electrons. The number of ether oxygens (including phenoxy) is 1.